The average Bonchev–Trinajstić information content (AvgIpc) is 2.54. The Bertz CT molecular complexity index is 751. The topological polar surface area (TPSA) is 3.88 Å². The summed E-state index contributed by atoms with van der Waals surface area (Å²) in [7, 11) is 2.14. The second-order valence-corrected chi connectivity index (χ2v) is 8.36. The fourth-order valence-corrected chi connectivity index (χ4v) is 4.42. The van der Waals surface area contributed by atoms with E-state index in [1.54, 1.807) is 0 Å². The molecule has 0 bridgehead atoms. The molecule has 1 aliphatic carbocycles. The maximum atomic E-state index is 2.45. The summed E-state index contributed by atoms with van der Waals surface area (Å²) in [6, 6.07) is 9.33. The van der Waals surface area contributed by atoms with Gasteiger partial charge in [0.05, 0.1) is 0 Å². The first-order valence-electron chi connectivity index (χ1n) is 8.24. The van der Waals surface area contributed by atoms with E-state index in [2.05, 4.69) is 83.6 Å². The molecular formula is C21H28N+. The third-order valence-corrected chi connectivity index (χ3v) is 5.26. The number of pyridine rings is 1. The molecule has 22 heavy (non-hydrogen) atoms. The van der Waals surface area contributed by atoms with Crippen LogP contribution in [0.5, 0.6) is 0 Å². The number of rotatable bonds is 1. The molecule has 2 aromatic rings. The lowest BCUT2D eigenvalue weighted by Crippen LogP contribution is -2.31. The second kappa shape index (κ2) is 4.68. The van der Waals surface area contributed by atoms with Crippen molar-refractivity contribution in [3.8, 4) is 11.3 Å². The molecule has 1 nitrogen and oxygen atoms in total. The van der Waals surface area contributed by atoms with Gasteiger partial charge in [-0.15, -0.1) is 0 Å². The van der Waals surface area contributed by atoms with Crippen LogP contribution in [-0.2, 0) is 17.9 Å². The molecule has 1 aromatic heterocycles. The van der Waals surface area contributed by atoms with Crippen molar-refractivity contribution in [1.29, 1.82) is 0 Å². The molecule has 1 heterocycles. The van der Waals surface area contributed by atoms with Crippen molar-refractivity contribution in [2.45, 2.75) is 58.8 Å². The van der Waals surface area contributed by atoms with Gasteiger partial charge in [-0.3, -0.25) is 0 Å². The first kappa shape index (κ1) is 15.3. The highest BCUT2D eigenvalue weighted by Crippen LogP contribution is 2.50. The number of aromatic nitrogens is 1. The average molecular weight is 294 g/mol. The van der Waals surface area contributed by atoms with Gasteiger partial charge in [-0.25, -0.2) is 4.57 Å². The van der Waals surface area contributed by atoms with Gasteiger partial charge < -0.3 is 0 Å². The lowest BCUT2D eigenvalue weighted by molar-refractivity contribution is -0.660. The van der Waals surface area contributed by atoms with E-state index in [4.69, 9.17) is 0 Å². The Labute approximate surface area is 135 Å². The number of benzene rings is 1. The Kier molecular flexibility index (Phi) is 3.25. The van der Waals surface area contributed by atoms with E-state index >= 15 is 0 Å². The number of nitrogens with zero attached hydrogens (tertiary/aromatic N) is 1. The van der Waals surface area contributed by atoms with Crippen LogP contribution in [0.4, 0.5) is 0 Å². The molecule has 0 atom stereocenters. The minimum atomic E-state index is 0.255. The number of hydrogen-bond acceptors (Lipinski definition) is 0. The molecular weight excluding hydrogens is 266 g/mol. The molecule has 1 heteroatoms. The Morgan fingerprint density at radius 1 is 0.909 bits per heavy atom. The van der Waals surface area contributed by atoms with Crippen LogP contribution in [0, 0.1) is 13.8 Å². The van der Waals surface area contributed by atoms with Crippen LogP contribution in [0.15, 0.2) is 30.5 Å². The van der Waals surface area contributed by atoms with Crippen LogP contribution in [0.3, 0.4) is 0 Å². The molecule has 3 rings (SSSR count). The van der Waals surface area contributed by atoms with Crippen molar-refractivity contribution in [2.75, 3.05) is 0 Å². The summed E-state index contributed by atoms with van der Waals surface area (Å²) in [6.45, 7) is 13.9. The summed E-state index contributed by atoms with van der Waals surface area (Å²) < 4.78 is 2.25. The Morgan fingerprint density at radius 3 is 2.09 bits per heavy atom. The third-order valence-electron chi connectivity index (χ3n) is 5.26. The zero-order chi connectivity index (χ0) is 16.3. The van der Waals surface area contributed by atoms with E-state index in [0.29, 0.717) is 0 Å². The lowest BCUT2D eigenvalue weighted by atomic mass is 9.82. The third kappa shape index (κ3) is 2.27. The quantitative estimate of drug-likeness (QED) is 0.668. The molecule has 0 N–H and O–H groups in total. The largest absolute Gasteiger partial charge is 0.212 e. The van der Waals surface area contributed by atoms with Gasteiger partial charge in [0.2, 0.25) is 5.69 Å². The highest BCUT2D eigenvalue weighted by Gasteiger charge is 2.42. The van der Waals surface area contributed by atoms with Gasteiger partial charge in [-0.2, -0.15) is 0 Å². The second-order valence-electron chi connectivity index (χ2n) is 8.36. The summed E-state index contributed by atoms with van der Waals surface area (Å²) >= 11 is 0. The van der Waals surface area contributed by atoms with E-state index in [-0.39, 0.29) is 10.8 Å². The van der Waals surface area contributed by atoms with Gasteiger partial charge in [0.25, 0.3) is 0 Å². The minimum Gasteiger partial charge on any atom is -0.201 e. The molecule has 0 amide bonds. The van der Waals surface area contributed by atoms with Gasteiger partial charge in [-0.05, 0) is 59.9 Å². The molecule has 0 spiro atoms. The van der Waals surface area contributed by atoms with Crippen LogP contribution < -0.4 is 4.57 Å². The standard InChI is InChI=1S/C21H28N/c1-14-8-9-19(22(7)12-14)16-11-18-17(10-15(16)2)20(3,4)13-21(18,5)6/h8-12H,13H2,1-7H3/q+1. The molecule has 0 radical (unpaired) electrons. The summed E-state index contributed by atoms with van der Waals surface area (Å²) in [6.07, 6.45) is 3.43. The Morgan fingerprint density at radius 2 is 1.50 bits per heavy atom. The maximum Gasteiger partial charge on any atom is 0.212 e. The SMILES string of the molecule is Cc1ccc(-c2cc3c(cc2C)C(C)(C)CC3(C)C)[n+](C)c1. The molecule has 116 valence electrons. The minimum absolute atomic E-state index is 0.255. The van der Waals surface area contributed by atoms with E-state index in [9.17, 15) is 0 Å². The smallest absolute Gasteiger partial charge is 0.201 e. The first-order valence-corrected chi connectivity index (χ1v) is 8.24. The molecule has 1 aromatic carbocycles. The summed E-state index contributed by atoms with van der Waals surface area (Å²) in [5.41, 5.74) is 8.93. The van der Waals surface area contributed by atoms with E-state index in [0.717, 1.165) is 0 Å². The normalized spacial score (nSPS) is 18.3. The molecule has 0 aliphatic heterocycles. The van der Waals surface area contributed by atoms with Crippen LogP contribution in [-0.4, -0.2) is 0 Å². The Balaban J connectivity index is 2.25. The lowest BCUT2D eigenvalue weighted by Gasteiger charge is -2.22. The van der Waals surface area contributed by atoms with Crippen LogP contribution in [0.2, 0.25) is 0 Å². The fraction of sp³-hybridized carbons (Fsp3) is 0.476. The number of aryl methyl sites for hydroxylation is 3. The van der Waals surface area contributed by atoms with Gasteiger partial charge in [0.1, 0.15) is 7.05 Å². The van der Waals surface area contributed by atoms with Gasteiger partial charge in [0, 0.05) is 17.2 Å². The van der Waals surface area contributed by atoms with Crippen LogP contribution in [0.1, 0.15) is 56.4 Å². The maximum absolute atomic E-state index is 2.45. The molecule has 0 saturated heterocycles. The van der Waals surface area contributed by atoms with Crippen molar-refractivity contribution in [2.24, 2.45) is 7.05 Å². The van der Waals surface area contributed by atoms with E-state index in [1.165, 1.54) is 39.9 Å². The van der Waals surface area contributed by atoms with E-state index in [1.807, 2.05) is 0 Å². The zero-order valence-electron chi connectivity index (χ0n) is 15.0. The number of hydrogen-bond donors (Lipinski definition) is 0. The zero-order valence-corrected chi connectivity index (χ0v) is 15.0. The van der Waals surface area contributed by atoms with Crippen LogP contribution >= 0.6 is 0 Å². The van der Waals surface area contributed by atoms with Crippen molar-refractivity contribution in [3.63, 3.8) is 0 Å². The molecule has 1 aliphatic rings. The number of fused-ring (bicyclic) bond motifs is 1. The van der Waals surface area contributed by atoms with Crippen LogP contribution in [0.25, 0.3) is 11.3 Å². The summed E-state index contributed by atoms with van der Waals surface area (Å²) in [5, 5.41) is 0. The first-order chi connectivity index (χ1) is 10.1. The summed E-state index contributed by atoms with van der Waals surface area (Å²) in [5.74, 6) is 0. The highest BCUT2D eigenvalue weighted by atomic mass is 14.9. The van der Waals surface area contributed by atoms with E-state index < -0.39 is 0 Å². The van der Waals surface area contributed by atoms with Crippen molar-refractivity contribution >= 4 is 0 Å². The Hall–Kier alpha value is -1.63. The van der Waals surface area contributed by atoms with Gasteiger partial charge in [0.15, 0.2) is 6.20 Å². The highest BCUT2D eigenvalue weighted by molar-refractivity contribution is 5.66. The predicted octanol–water partition coefficient (Wildman–Crippen LogP) is 4.75. The molecule has 0 fully saturated rings. The van der Waals surface area contributed by atoms with Gasteiger partial charge >= 0.3 is 0 Å². The predicted molar refractivity (Wildman–Crippen MR) is 93.2 cm³/mol. The molecule has 0 saturated carbocycles. The fourth-order valence-electron chi connectivity index (χ4n) is 4.42. The van der Waals surface area contributed by atoms with Gasteiger partial charge in [-0.1, -0.05) is 33.8 Å². The summed E-state index contributed by atoms with van der Waals surface area (Å²) in [4.78, 5) is 0. The van der Waals surface area contributed by atoms with Crippen molar-refractivity contribution < 1.29 is 4.57 Å². The monoisotopic (exact) mass is 294 g/mol. The van der Waals surface area contributed by atoms with Crippen molar-refractivity contribution in [1.82, 2.24) is 0 Å². The van der Waals surface area contributed by atoms with Crippen molar-refractivity contribution in [3.05, 3.63) is 52.7 Å². The molecule has 0 unspecified atom stereocenters.